The summed E-state index contributed by atoms with van der Waals surface area (Å²) >= 11 is 3.27. The SMILES string of the molecule is CC(C)c1ccc(S(=O)(=O)Nc2c(-c3ccc4c(c3)OCO4)c(OCCOc3ncc(Br)cn3)nn2C)nc1. The van der Waals surface area contributed by atoms with E-state index in [4.69, 9.17) is 18.9 Å². The number of nitrogens with one attached hydrogen (secondary N) is 1. The van der Waals surface area contributed by atoms with Gasteiger partial charge in [-0.25, -0.2) is 19.6 Å². The molecule has 204 valence electrons. The van der Waals surface area contributed by atoms with Gasteiger partial charge in [0, 0.05) is 25.6 Å². The van der Waals surface area contributed by atoms with Crippen molar-refractivity contribution in [3.8, 4) is 34.5 Å². The van der Waals surface area contributed by atoms with E-state index in [0.29, 0.717) is 22.6 Å². The number of fused-ring (bicyclic) bond motifs is 1. The molecular weight excluding hydrogens is 592 g/mol. The smallest absolute Gasteiger partial charge is 0.316 e. The third-order valence-corrected chi connectivity index (χ3v) is 7.42. The number of halogens is 1. The summed E-state index contributed by atoms with van der Waals surface area (Å²) in [7, 11) is -2.44. The van der Waals surface area contributed by atoms with Gasteiger partial charge in [-0.15, -0.1) is 5.10 Å². The lowest BCUT2D eigenvalue weighted by atomic mass is 10.1. The van der Waals surface area contributed by atoms with Crippen LogP contribution in [-0.2, 0) is 17.1 Å². The van der Waals surface area contributed by atoms with Crippen LogP contribution >= 0.6 is 15.9 Å². The minimum absolute atomic E-state index is 0.0956. The number of pyridine rings is 1. The molecular formula is C25H25BrN6O6S. The number of hydrogen-bond acceptors (Lipinski definition) is 10. The summed E-state index contributed by atoms with van der Waals surface area (Å²) in [5.41, 5.74) is 1.96. The number of benzene rings is 1. The van der Waals surface area contributed by atoms with Gasteiger partial charge in [-0.2, -0.15) is 8.42 Å². The van der Waals surface area contributed by atoms with E-state index in [2.05, 4.69) is 40.7 Å². The number of rotatable bonds is 10. The van der Waals surface area contributed by atoms with Crippen LogP contribution in [0, 0.1) is 0 Å². The Balaban J connectivity index is 1.43. The van der Waals surface area contributed by atoms with E-state index < -0.39 is 10.0 Å². The maximum absolute atomic E-state index is 13.3. The van der Waals surface area contributed by atoms with Crippen LogP contribution in [0.5, 0.6) is 23.4 Å². The number of sulfonamides is 1. The monoisotopic (exact) mass is 616 g/mol. The van der Waals surface area contributed by atoms with Gasteiger partial charge in [-0.3, -0.25) is 4.72 Å². The molecule has 3 aromatic heterocycles. The van der Waals surface area contributed by atoms with Gasteiger partial charge in [0.1, 0.15) is 19.0 Å². The van der Waals surface area contributed by atoms with Gasteiger partial charge in [0.2, 0.25) is 12.7 Å². The lowest BCUT2D eigenvalue weighted by Gasteiger charge is -2.12. The van der Waals surface area contributed by atoms with Crippen molar-refractivity contribution in [3.63, 3.8) is 0 Å². The standard InChI is InChI=1S/C25H25BrN6O6S/c1-15(2)17-5-7-21(27-11-17)39(33,34)31-23-22(16-4-6-19-20(10-16)38-14-37-19)24(30-32(23)3)35-8-9-36-25-28-12-18(26)13-29-25/h4-7,10-13,15,31H,8-9,14H2,1-3H3. The zero-order chi connectivity index (χ0) is 27.6. The zero-order valence-electron chi connectivity index (χ0n) is 21.3. The summed E-state index contributed by atoms with van der Waals surface area (Å²) in [4.78, 5) is 12.3. The summed E-state index contributed by atoms with van der Waals surface area (Å²) in [6, 6.07) is 8.68. The van der Waals surface area contributed by atoms with Gasteiger partial charge in [-0.05, 0) is 51.2 Å². The van der Waals surface area contributed by atoms with Gasteiger partial charge >= 0.3 is 6.01 Å². The van der Waals surface area contributed by atoms with Crippen molar-refractivity contribution in [1.82, 2.24) is 24.7 Å². The van der Waals surface area contributed by atoms with Crippen LogP contribution in [0.4, 0.5) is 5.82 Å². The molecule has 1 aliphatic rings. The summed E-state index contributed by atoms with van der Waals surface area (Å²) in [5.74, 6) is 1.71. The van der Waals surface area contributed by atoms with Crippen molar-refractivity contribution >= 4 is 31.8 Å². The number of aryl methyl sites for hydroxylation is 1. The molecule has 39 heavy (non-hydrogen) atoms. The number of hydrogen-bond donors (Lipinski definition) is 1. The van der Waals surface area contributed by atoms with Crippen molar-refractivity contribution in [2.24, 2.45) is 7.05 Å². The second-order valence-electron chi connectivity index (χ2n) is 8.79. The molecule has 1 N–H and O–H groups in total. The molecule has 5 rings (SSSR count). The highest BCUT2D eigenvalue weighted by Crippen LogP contribution is 2.42. The van der Waals surface area contributed by atoms with Crippen molar-refractivity contribution in [3.05, 3.63) is 59.0 Å². The van der Waals surface area contributed by atoms with Crippen LogP contribution in [0.2, 0.25) is 0 Å². The Kier molecular flexibility index (Phi) is 7.57. The van der Waals surface area contributed by atoms with E-state index in [0.717, 1.165) is 10.0 Å². The van der Waals surface area contributed by atoms with E-state index in [1.807, 2.05) is 13.8 Å². The van der Waals surface area contributed by atoms with Crippen LogP contribution in [0.25, 0.3) is 11.1 Å². The quantitative estimate of drug-likeness (QED) is 0.258. The third-order valence-electron chi connectivity index (χ3n) is 5.76. The van der Waals surface area contributed by atoms with Crippen molar-refractivity contribution < 1.29 is 27.4 Å². The summed E-state index contributed by atoms with van der Waals surface area (Å²) in [6.45, 7) is 4.34. The number of anilines is 1. The second-order valence-corrected chi connectivity index (χ2v) is 11.3. The Labute approximate surface area is 233 Å². The normalized spacial score (nSPS) is 12.5. The van der Waals surface area contributed by atoms with Gasteiger partial charge < -0.3 is 18.9 Å². The molecule has 12 nitrogen and oxygen atoms in total. The molecule has 14 heteroatoms. The molecule has 1 aliphatic heterocycles. The Morgan fingerprint density at radius 2 is 1.77 bits per heavy atom. The minimum Gasteiger partial charge on any atom is -0.472 e. The summed E-state index contributed by atoms with van der Waals surface area (Å²) in [5, 5.41) is 4.32. The van der Waals surface area contributed by atoms with E-state index >= 15 is 0 Å². The average Bonchev–Trinajstić information content (AvgIpc) is 3.51. The molecule has 4 aromatic rings. The second kappa shape index (κ2) is 11.1. The molecule has 1 aromatic carbocycles. The molecule has 0 radical (unpaired) electrons. The third kappa shape index (κ3) is 5.91. The molecule has 0 spiro atoms. The first-order chi connectivity index (χ1) is 18.7. The summed E-state index contributed by atoms with van der Waals surface area (Å²) in [6.07, 6.45) is 4.71. The number of ether oxygens (including phenoxy) is 4. The van der Waals surface area contributed by atoms with Crippen LogP contribution < -0.4 is 23.7 Å². The van der Waals surface area contributed by atoms with Crippen molar-refractivity contribution in [1.29, 1.82) is 0 Å². The van der Waals surface area contributed by atoms with E-state index in [1.165, 1.54) is 10.7 Å². The first kappa shape index (κ1) is 26.7. The highest BCUT2D eigenvalue weighted by Gasteiger charge is 2.27. The fourth-order valence-electron chi connectivity index (χ4n) is 3.75. The van der Waals surface area contributed by atoms with Crippen LogP contribution in [-0.4, -0.2) is 53.2 Å². The Morgan fingerprint density at radius 1 is 1.03 bits per heavy atom. The number of aromatic nitrogens is 5. The molecule has 4 heterocycles. The molecule has 0 unspecified atom stereocenters. The molecule has 0 saturated carbocycles. The van der Waals surface area contributed by atoms with E-state index in [1.54, 1.807) is 49.9 Å². The zero-order valence-corrected chi connectivity index (χ0v) is 23.7. The topological polar surface area (TPSA) is 140 Å². The highest BCUT2D eigenvalue weighted by molar-refractivity contribution is 9.10. The molecule has 0 atom stereocenters. The van der Waals surface area contributed by atoms with Crippen molar-refractivity contribution in [2.75, 3.05) is 24.7 Å². The molecule has 0 aliphatic carbocycles. The predicted octanol–water partition coefficient (Wildman–Crippen LogP) is 4.15. The van der Waals surface area contributed by atoms with Gasteiger partial charge in [-0.1, -0.05) is 26.0 Å². The summed E-state index contributed by atoms with van der Waals surface area (Å²) < 4.78 is 53.8. The molecule has 0 saturated heterocycles. The average molecular weight is 617 g/mol. The molecule has 0 fully saturated rings. The first-order valence-corrected chi connectivity index (χ1v) is 14.2. The van der Waals surface area contributed by atoms with Crippen LogP contribution in [0.3, 0.4) is 0 Å². The fourth-order valence-corrected chi connectivity index (χ4v) is 4.98. The van der Waals surface area contributed by atoms with Gasteiger partial charge in [0.25, 0.3) is 10.0 Å². The largest absolute Gasteiger partial charge is 0.472 e. The lowest BCUT2D eigenvalue weighted by Crippen LogP contribution is -2.17. The van der Waals surface area contributed by atoms with E-state index in [-0.39, 0.29) is 48.7 Å². The van der Waals surface area contributed by atoms with E-state index in [9.17, 15) is 8.42 Å². The Bertz CT molecular complexity index is 1580. The first-order valence-electron chi connectivity index (χ1n) is 11.9. The molecule has 0 bridgehead atoms. The van der Waals surface area contributed by atoms with Crippen LogP contribution in [0.15, 0.2) is 58.4 Å². The lowest BCUT2D eigenvalue weighted by molar-refractivity contribution is 0.174. The number of nitrogens with zero attached hydrogens (tertiary/aromatic N) is 5. The Hall–Kier alpha value is -3.91. The fraction of sp³-hybridized carbons (Fsp3) is 0.280. The van der Waals surface area contributed by atoms with Crippen molar-refractivity contribution in [2.45, 2.75) is 24.8 Å². The maximum atomic E-state index is 13.3. The predicted molar refractivity (Wildman–Crippen MR) is 145 cm³/mol. The molecule has 0 amide bonds. The van der Waals surface area contributed by atoms with Gasteiger partial charge in [0.15, 0.2) is 16.5 Å². The maximum Gasteiger partial charge on any atom is 0.316 e. The highest BCUT2D eigenvalue weighted by atomic mass is 79.9. The Morgan fingerprint density at radius 3 is 2.49 bits per heavy atom. The van der Waals surface area contributed by atoms with Gasteiger partial charge in [0.05, 0.1) is 10.0 Å². The van der Waals surface area contributed by atoms with Crippen LogP contribution in [0.1, 0.15) is 25.3 Å². The minimum atomic E-state index is -4.05.